The van der Waals surface area contributed by atoms with E-state index in [1.54, 1.807) is 0 Å². The Hall–Kier alpha value is -0.310. The minimum absolute atomic E-state index is 0.0787. The lowest BCUT2D eigenvalue weighted by Crippen LogP contribution is -2.15. The fourth-order valence-electron chi connectivity index (χ4n) is 1.31. The third-order valence-electron chi connectivity index (χ3n) is 1.88. The van der Waals surface area contributed by atoms with Crippen molar-refractivity contribution in [3.63, 3.8) is 0 Å². The zero-order valence-electron chi connectivity index (χ0n) is 6.63. The van der Waals surface area contributed by atoms with Crippen molar-refractivity contribution >= 4 is 22.7 Å². The largest absolute Gasteiger partial charge is 0.299 e. The van der Waals surface area contributed by atoms with Crippen molar-refractivity contribution in [2.24, 2.45) is 5.92 Å². The molecule has 3 heteroatoms. The van der Waals surface area contributed by atoms with Crippen molar-refractivity contribution in [1.82, 2.24) is 0 Å². The van der Waals surface area contributed by atoms with Gasteiger partial charge in [-0.2, -0.15) is 0 Å². The van der Waals surface area contributed by atoms with Gasteiger partial charge in [0.1, 0.15) is 5.78 Å². The number of hydrogen-bond acceptors (Lipinski definition) is 3. The van der Waals surface area contributed by atoms with Gasteiger partial charge in [0.2, 0.25) is 0 Å². The molecule has 1 saturated carbocycles. The molecule has 0 N–H and O–H groups in total. The summed E-state index contributed by atoms with van der Waals surface area (Å²) in [6.45, 7) is 1.93. The lowest BCUT2D eigenvalue weighted by molar-refractivity contribution is -0.126. The number of Topliss-reactive ketones (excluding diaryl/α,β-unsaturated/α-hetero) is 1. The zero-order valence-corrected chi connectivity index (χ0v) is 7.45. The molecule has 0 aromatic heterocycles. The molecule has 1 atom stereocenters. The first-order valence-electron chi connectivity index (χ1n) is 3.95. The quantitative estimate of drug-likeness (QED) is 0.594. The van der Waals surface area contributed by atoms with Crippen LogP contribution in [0.3, 0.4) is 0 Å². The van der Waals surface area contributed by atoms with Crippen LogP contribution >= 0.6 is 11.8 Å². The third-order valence-corrected chi connectivity index (χ3v) is 2.73. The first kappa shape index (κ1) is 8.78. The third kappa shape index (κ3) is 2.06. The highest BCUT2D eigenvalue weighted by molar-refractivity contribution is 8.13. The van der Waals surface area contributed by atoms with Gasteiger partial charge in [-0.25, -0.2) is 0 Å². The van der Waals surface area contributed by atoms with Gasteiger partial charge in [-0.3, -0.25) is 9.59 Å². The zero-order chi connectivity index (χ0) is 8.27. The van der Waals surface area contributed by atoms with E-state index in [9.17, 15) is 9.59 Å². The van der Waals surface area contributed by atoms with Crippen LogP contribution in [0.25, 0.3) is 0 Å². The molecule has 0 heterocycles. The SMILES string of the molecule is CCSC(=O)C1CCCC1=O. The summed E-state index contributed by atoms with van der Waals surface area (Å²) in [7, 11) is 0. The second-order valence-corrected chi connectivity index (χ2v) is 3.93. The Bertz CT molecular complexity index is 177. The smallest absolute Gasteiger partial charge is 0.199 e. The summed E-state index contributed by atoms with van der Waals surface area (Å²) in [4.78, 5) is 22.3. The van der Waals surface area contributed by atoms with Gasteiger partial charge < -0.3 is 0 Å². The fraction of sp³-hybridized carbons (Fsp3) is 0.750. The van der Waals surface area contributed by atoms with Gasteiger partial charge in [-0.05, 0) is 18.6 Å². The van der Waals surface area contributed by atoms with Crippen LogP contribution < -0.4 is 0 Å². The van der Waals surface area contributed by atoms with Crippen LogP contribution in [-0.4, -0.2) is 16.7 Å². The molecule has 0 aromatic carbocycles. The van der Waals surface area contributed by atoms with Crippen molar-refractivity contribution in [1.29, 1.82) is 0 Å². The number of carbonyl (C=O) groups is 2. The van der Waals surface area contributed by atoms with E-state index in [0.717, 1.165) is 18.6 Å². The summed E-state index contributed by atoms with van der Waals surface area (Å²) in [6, 6.07) is 0. The Balaban J connectivity index is 2.46. The molecule has 1 aliphatic rings. The van der Waals surface area contributed by atoms with Crippen LogP contribution in [0.5, 0.6) is 0 Å². The molecule has 0 amide bonds. The molecule has 1 rings (SSSR count). The predicted octanol–water partition coefficient (Wildman–Crippen LogP) is 1.64. The van der Waals surface area contributed by atoms with Crippen molar-refractivity contribution < 1.29 is 9.59 Å². The highest BCUT2D eigenvalue weighted by Crippen LogP contribution is 2.25. The number of ketones is 1. The van der Waals surface area contributed by atoms with Crippen LogP contribution in [0, 0.1) is 5.92 Å². The molecule has 0 saturated heterocycles. The molecule has 0 aromatic rings. The highest BCUT2D eigenvalue weighted by Gasteiger charge is 2.30. The van der Waals surface area contributed by atoms with Crippen LogP contribution in [0.4, 0.5) is 0 Å². The second kappa shape index (κ2) is 3.90. The summed E-state index contributed by atoms with van der Waals surface area (Å²) in [5.41, 5.74) is 0. The average molecular weight is 172 g/mol. The molecule has 1 aliphatic carbocycles. The van der Waals surface area contributed by atoms with E-state index in [-0.39, 0.29) is 16.8 Å². The fourth-order valence-corrected chi connectivity index (χ4v) is 2.04. The van der Waals surface area contributed by atoms with Crippen LogP contribution in [0.15, 0.2) is 0 Å². The van der Waals surface area contributed by atoms with Gasteiger partial charge in [-0.1, -0.05) is 18.7 Å². The minimum atomic E-state index is -0.264. The van der Waals surface area contributed by atoms with Gasteiger partial charge in [0, 0.05) is 6.42 Å². The lowest BCUT2D eigenvalue weighted by atomic mass is 10.1. The lowest BCUT2D eigenvalue weighted by Gasteiger charge is -2.03. The molecule has 0 radical (unpaired) electrons. The summed E-state index contributed by atoms with van der Waals surface area (Å²) in [6.07, 6.45) is 2.30. The van der Waals surface area contributed by atoms with Gasteiger partial charge >= 0.3 is 0 Å². The normalized spacial score (nSPS) is 24.1. The van der Waals surface area contributed by atoms with E-state index in [1.165, 1.54) is 11.8 Å². The Morgan fingerprint density at radius 1 is 1.73 bits per heavy atom. The Morgan fingerprint density at radius 3 is 2.91 bits per heavy atom. The summed E-state index contributed by atoms with van der Waals surface area (Å²) >= 11 is 1.27. The maximum absolute atomic E-state index is 11.2. The highest BCUT2D eigenvalue weighted by atomic mass is 32.2. The first-order valence-corrected chi connectivity index (χ1v) is 4.93. The number of carbonyl (C=O) groups excluding carboxylic acids is 2. The topological polar surface area (TPSA) is 34.1 Å². The van der Waals surface area contributed by atoms with Crippen LogP contribution in [0.1, 0.15) is 26.2 Å². The number of hydrogen-bond donors (Lipinski definition) is 0. The molecule has 0 bridgehead atoms. The Labute approximate surface area is 70.7 Å². The summed E-state index contributed by atoms with van der Waals surface area (Å²) < 4.78 is 0. The van der Waals surface area contributed by atoms with Crippen molar-refractivity contribution in [2.75, 3.05) is 5.75 Å². The second-order valence-electron chi connectivity index (χ2n) is 2.66. The number of thioether (sulfide) groups is 1. The minimum Gasteiger partial charge on any atom is -0.299 e. The molecule has 2 nitrogen and oxygen atoms in total. The average Bonchev–Trinajstić information content (AvgIpc) is 2.36. The Morgan fingerprint density at radius 2 is 2.45 bits per heavy atom. The van der Waals surface area contributed by atoms with E-state index in [1.807, 2.05) is 6.92 Å². The van der Waals surface area contributed by atoms with Crippen LogP contribution in [-0.2, 0) is 9.59 Å². The Kier molecular flexibility index (Phi) is 3.12. The summed E-state index contributed by atoms with van der Waals surface area (Å²) in [5, 5.41) is 0.0787. The van der Waals surface area contributed by atoms with Gasteiger partial charge in [0.05, 0.1) is 5.92 Å². The number of rotatable bonds is 2. The monoisotopic (exact) mass is 172 g/mol. The van der Waals surface area contributed by atoms with Crippen molar-refractivity contribution in [3.8, 4) is 0 Å². The predicted molar refractivity (Wildman–Crippen MR) is 45.5 cm³/mol. The maximum Gasteiger partial charge on any atom is 0.199 e. The summed E-state index contributed by atoms with van der Waals surface area (Å²) in [5.74, 6) is 0.665. The van der Waals surface area contributed by atoms with Gasteiger partial charge in [0.15, 0.2) is 5.12 Å². The van der Waals surface area contributed by atoms with E-state index in [2.05, 4.69) is 0 Å². The molecule has 0 spiro atoms. The standard InChI is InChI=1S/C8H12O2S/c1-2-11-8(10)6-4-3-5-7(6)9/h6H,2-5H2,1H3. The first-order chi connectivity index (χ1) is 5.25. The van der Waals surface area contributed by atoms with E-state index in [4.69, 9.17) is 0 Å². The van der Waals surface area contributed by atoms with E-state index >= 15 is 0 Å². The molecular weight excluding hydrogens is 160 g/mol. The molecular formula is C8H12O2S. The molecule has 0 aliphatic heterocycles. The van der Waals surface area contributed by atoms with Gasteiger partial charge in [-0.15, -0.1) is 0 Å². The molecule has 1 unspecified atom stereocenters. The van der Waals surface area contributed by atoms with Crippen molar-refractivity contribution in [3.05, 3.63) is 0 Å². The van der Waals surface area contributed by atoms with Crippen molar-refractivity contribution in [2.45, 2.75) is 26.2 Å². The maximum atomic E-state index is 11.2. The van der Waals surface area contributed by atoms with Gasteiger partial charge in [0.25, 0.3) is 0 Å². The molecule has 11 heavy (non-hydrogen) atoms. The van der Waals surface area contributed by atoms with Crippen LogP contribution in [0.2, 0.25) is 0 Å². The molecule has 62 valence electrons. The van der Waals surface area contributed by atoms with E-state index < -0.39 is 0 Å². The van der Waals surface area contributed by atoms with E-state index in [0.29, 0.717) is 6.42 Å². The molecule has 1 fully saturated rings.